The SMILES string of the molecule is COC[C@@H]1CN(CC2CC2)C[C@@]12CCN(C(=O)CC1=CCCCC1)C2. The molecule has 25 heavy (non-hydrogen) atoms. The molecule has 4 rings (SSSR count). The van der Waals surface area contributed by atoms with E-state index in [0.717, 1.165) is 45.0 Å². The molecule has 0 unspecified atom stereocenters. The smallest absolute Gasteiger partial charge is 0.226 e. The van der Waals surface area contributed by atoms with Crippen LogP contribution in [0.5, 0.6) is 0 Å². The molecule has 3 fully saturated rings. The minimum absolute atomic E-state index is 0.279. The van der Waals surface area contributed by atoms with Crippen molar-refractivity contribution >= 4 is 5.91 Å². The standard InChI is InChI=1S/C21H34N2O2/c1-25-14-19-13-22(12-18-7-8-18)15-21(19)9-10-23(16-21)20(24)11-17-5-3-2-4-6-17/h5,18-19H,2-4,6-16H2,1H3/t19-,21+/m0/s1. The van der Waals surface area contributed by atoms with E-state index in [4.69, 9.17) is 4.74 Å². The molecule has 0 N–H and O–H groups in total. The molecule has 0 aromatic heterocycles. The molecule has 1 amide bonds. The van der Waals surface area contributed by atoms with Gasteiger partial charge in [0.2, 0.25) is 5.91 Å². The van der Waals surface area contributed by atoms with Crippen molar-refractivity contribution in [2.24, 2.45) is 17.3 Å². The summed E-state index contributed by atoms with van der Waals surface area (Å²) in [6.45, 7) is 6.34. The van der Waals surface area contributed by atoms with Gasteiger partial charge in [-0.15, -0.1) is 0 Å². The molecule has 4 heteroatoms. The summed E-state index contributed by atoms with van der Waals surface area (Å²) < 4.78 is 5.56. The Morgan fingerprint density at radius 2 is 2.20 bits per heavy atom. The summed E-state index contributed by atoms with van der Waals surface area (Å²) in [5.41, 5.74) is 1.66. The first-order valence-electron chi connectivity index (χ1n) is 10.4. The number of hydrogen-bond donors (Lipinski definition) is 0. The zero-order valence-electron chi connectivity index (χ0n) is 15.8. The summed E-state index contributed by atoms with van der Waals surface area (Å²) in [6.07, 6.45) is 11.8. The average molecular weight is 347 g/mol. The van der Waals surface area contributed by atoms with E-state index in [-0.39, 0.29) is 5.41 Å². The highest BCUT2D eigenvalue weighted by Gasteiger charge is 2.51. The van der Waals surface area contributed by atoms with Crippen molar-refractivity contribution in [3.8, 4) is 0 Å². The van der Waals surface area contributed by atoms with Gasteiger partial charge in [-0.05, 0) is 50.9 Å². The minimum Gasteiger partial charge on any atom is -0.384 e. The maximum absolute atomic E-state index is 12.8. The third kappa shape index (κ3) is 3.95. The minimum atomic E-state index is 0.279. The monoisotopic (exact) mass is 346 g/mol. The highest BCUT2D eigenvalue weighted by Crippen LogP contribution is 2.45. The first-order chi connectivity index (χ1) is 12.2. The van der Waals surface area contributed by atoms with Crippen LogP contribution in [0.3, 0.4) is 0 Å². The number of nitrogens with zero attached hydrogens (tertiary/aromatic N) is 2. The quantitative estimate of drug-likeness (QED) is 0.693. The molecule has 0 radical (unpaired) electrons. The number of methoxy groups -OCH3 is 1. The fourth-order valence-electron chi connectivity index (χ4n) is 5.32. The molecule has 2 heterocycles. The van der Waals surface area contributed by atoms with Crippen molar-refractivity contribution < 1.29 is 9.53 Å². The molecule has 4 nitrogen and oxygen atoms in total. The van der Waals surface area contributed by atoms with Gasteiger partial charge in [-0.1, -0.05) is 11.6 Å². The second-order valence-electron chi connectivity index (χ2n) is 9.00. The van der Waals surface area contributed by atoms with Gasteiger partial charge in [0.1, 0.15) is 0 Å². The van der Waals surface area contributed by atoms with E-state index >= 15 is 0 Å². The highest BCUT2D eigenvalue weighted by atomic mass is 16.5. The van der Waals surface area contributed by atoms with Crippen LogP contribution in [-0.4, -0.2) is 62.1 Å². The predicted octanol–water partition coefficient (Wildman–Crippen LogP) is 3.08. The van der Waals surface area contributed by atoms with Gasteiger partial charge >= 0.3 is 0 Å². The Balaban J connectivity index is 1.38. The lowest BCUT2D eigenvalue weighted by Gasteiger charge is -2.30. The van der Waals surface area contributed by atoms with Crippen LogP contribution in [0.4, 0.5) is 0 Å². The molecule has 2 saturated heterocycles. The summed E-state index contributed by atoms with van der Waals surface area (Å²) in [6, 6.07) is 0. The first kappa shape index (κ1) is 17.5. The van der Waals surface area contributed by atoms with Gasteiger partial charge in [0, 0.05) is 57.6 Å². The summed E-state index contributed by atoms with van der Waals surface area (Å²) in [5.74, 6) is 1.89. The lowest BCUT2D eigenvalue weighted by atomic mass is 9.77. The van der Waals surface area contributed by atoms with Gasteiger partial charge in [-0.3, -0.25) is 4.79 Å². The second kappa shape index (κ2) is 7.40. The van der Waals surface area contributed by atoms with Crippen LogP contribution < -0.4 is 0 Å². The van der Waals surface area contributed by atoms with Crippen LogP contribution in [0.2, 0.25) is 0 Å². The second-order valence-corrected chi connectivity index (χ2v) is 9.00. The number of allylic oxidation sites excluding steroid dienone is 1. The summed E-state index contributed by atoms with van der Waals surface area (Å²) in [5, 5.41) is 0. The van der Waals surface area contributed by atoms with E-state index in [1.807, 2.05) is 7.11 Å². The van der Waals surface area contributed by atoms with Crippen LogP contribution in [0.15, 0.2) is 11.6 Å². The molecule has 2 aliphatic heterocycles. The van der Waals surface area contributed by atoms with Gasteiger partial charge in [-0.25, -0.2) is 0 Å². The Bertz CT molecular complexity index is 528. The third-order valence-electron chi connectivity index (χ3n) is 6.97. The summed E-state index contributed by atoms with van der Waals surface area (Å²) in [4.78, 5) is 17.7. The third-order valence-corrected chi connectivity index (χ3v) is 6.97. The molecule has 1 spiro atoms. The van der Waals surface area contributed by atoms with Gasteiger partial charge in [0.25, 0.3) is 0 Å². The van der Waals surface area contributed by atoms with E-state index in [2.05, 4.69) is 15.9 Å². The molecule has 0 aromatic carbocycles. The predicted molar refractivity (Wildman–Crippen MR) is 99.3 cm³/mol. The zero-order valence-corrected chi connectivity index (χ0v) is 15.8. The van der Waals surface area contributed by atoms with Gasteiger partial charge in [0.05, 0.1) is 6.61 Å². The van der Waals surface area contributed by atoms with Crippen molar-refractivity contribution in [3.63, 3.8) is 0 Å². The molecule has 0 aromatic rings. The Morgan fingerprint density at radius 3 is 2.92 bits per heavy atom. The molecular formula is C21H34N2O2. The fourth-order valence-corrected chi connectivity index (χ4v) is 5.32. The number of likely N-dealkylation sites (tertiary alicyclic amines) is 2. The highest BCUT2D eigenvalue weighted by molar-refractivity contribution is 5.79. The van der Waals surface area contributed by atoms with Crippen molar-refractivity contribution in [1.29, 1.82) is 0 Å². The van der Waals surface area contributed by atoms with Crippen LogP contribution in [0.1, 0.15) is 51.4 Å². The van der Waals surface area contributed by atoms with E-state index in [1.54, 1.807) is 0 Å². The van der Waals surface area contributed by atoms with Crippen molar-refractivity contribution in [2.45, 2.75) is 51.4 Å². The van der Waals surface area contributed by atoms with Crippen LogP contribution in [0, 0.1) is 17.3 Å². The lowest BCUT2D eigenvalue weighted by Crippen LogP contribution is -2.38. The number of carbonyl (C=O) groups is 1. The van der Waals surface area contributed by atoms with Crippen molar-refractivity contribution in [1.82, 2.24) is 9.80 Å². The number of carbonyl (C=O) groups excluding carboxylic acids is 1. The zero-order chi connectivity index (χ0) is 17.3. The normalized spacial score (nSPS) is 33.2. The van der Waals surface area contributed by atoms with Crippen LogP contribution >= 0.6 is 0 Å². The fraction of sp³-hybridized carbons (Fsp3) is 0.857. The maximum atomic E-state index is 12.8. The topological polar surface area (TPSA) is 32.8 Å². The number of rotatable bonds is 6. The maximum Gasteiger partial charge on any atom is 0.226 e. The number of ether oxygens (including phenoxy) is 1. The van der Waals surface area contributed by atoms with E-state index in [1.165, 1.54) is 50.8 Å². The summed E-state index contributed by atoms with van der Waals surface area (Å²) >= 11 is 0. The van der Waals surface area contributed by atoms with Gasteiger partial charge < -0.3 is 14.5 Å². The van der Waals surface area contributed by atoms with Crippen molar-refractivity contribution in [2.75, 3.05) is 46.4 Å². The molecule has 2 aliphatic carbocycles. The molecule has 4 aliphatic rings. The van der Waals surface area contributed by atoms with Gasteiger partial charge in [0.15, 0.2) is 0 Å². The number of amides is 1. The first-order valence-corrected chi connectivity index (χ1v) is 10.4. The largest absolute Gasteiger partial charge is 0.384 e. The lowest BCUT2D eigenvalue weighted by molar-refractivity contribution is -0.130. The summed E-state index contributed by atoms with van der Waals surface area (Å²) in [7, 11) is 1.82. The van der Waals surface area contributed by atoms with E-state index < -0.39 is 0 Å². The number of hydrogen-bond acceptors (Lipinski definition) is 3. The molecule has 0 bridgehead atoms. The Hall–Kier alpha value is -0.870. The molecule has 140 valence electrons. The van der Waals surface area contributed by atoms with Crippen LogP contribution in [0.25, 0.3) is 0 Å². The Morgan fingerprint density at radius 1 is 1.32 bits per heavy atom. The van der Waals surface area contributed by atoms with Crippen molar-refractivity contribution in [3.05, 3.63) is 11.6 Å². The average Bonchev–Trinajstić information content (AvgIpc) is 3.22. The molecular weight excluding hydrogens is 312 g/mol. The van der Waals surface area contributed by atoms with E-state index in [0.29, 0.717) is 18.2 Å². The Kier molecular flexibility index (Phi) is 5.19. The van der Waals surface area contributed by atoms with Crippen LogP contribution in [-0.2, 0) is 9.53 Å². The Labute approximate surface area is 152 Å². The van der Waals surface area contributed by atoms with Gasteiger partial charge in [-0.2, -0.15) is 0 Å². The van der Waals surface area contributed by atoms with E-state index in [9.17, 15) is 4.79 Å². The molecule has 1 saturated carbocycles. The molecule has 2 atom stereocenters.